The molecule has 4 rings (SSSR count). The van der Waals surface area contributed by atoms with E-state index in [1.165, 1.54) is 18.0 Å². The SMILES string of the molecule is Cc1ccc(Nc2cnc(C(=O)Nc3ccc(Oc4ccccc4)cc3)cn2)cc1. The predicted molar refractivity (Wildman–Crippen MR) is 117 cm³/mol. The van der Waals surface area contributed by atoms with Crippen LogP contribution in [0, 0.1) is 6.92 Å². The Kier molecular flexibility index (Phi) is 5.66. The predicted octanol–water partition coefficient (Wildman–Crippen LogP) is 5.57. The van der Waals surface area contributed by atoms with Gasteiger partial charge in [0.25, 0.3) is 5.91 Å². The van der Waals surface area contributed by atoms with Crippen molar-refractivity contribution in [3.05, 3.63) is 103 Å². The van der Waals surface area contributed by atoms with Crippen molar-refractivity contribution in [1.82, 2.24) is 9.97 Å². The summed E-state index contributed by atoms with van der Waals surface area (Å²) in [4.78, 5) is 20.9. The molecule has 6 nitrogen and oxygen atoms in total. The van der Waals surface area contributed by atoms with Gasteiger partial charge in [-0.1, -0.05) is 35.9 Å². The summed E-state index contributed by atoms with van der Waals surface area (Å²) in [7, 11) is 0. The zero-order valence-corrected chi connectivity index (χ0v) is 16.4. The minimum atomic E-state index is -0.332. The van der Waals surface area contributed by atoms with E-state index in [0.717, 1.165) is 11.4 Å². The van der Waals surface area contributed by atoms with Gasteiger partial charge >= 0.3 is 0 Å². The normalized spacial score (nSPS) is 10.3. The molecule has 4 aromatic rings. The van der Waals surface area contributed by atoms with Crippen LogP contribution in [0.4, 0.5) is 17.2 Å². The van der Waals surface area contributed by atoms with Crippen molar-refractivity contribution in [2.24, 2.45) is 0 Å². The third-order valence-electron chi connectivity index (χ3n) is 4.30. The number of rotatable bonds is 6. The van der Waals surface area contributed by atoms with Crippen molar-refractivity contribution >= 4 is 23.1 Å². The maximum absolute atomic E-state index is 12.4. The van der Waals surface area contributed by atoms with Crippen molar-refractivity contribution in [1.29, 1.82) is 0 Å². The van der Waals surface area contributed by atoms with E-state index in [2.05, 4.69) is 20.6 Å². The van der Waals surface area contributed by atoms with Gasteiger partial charge in [0.05, 0.1) is 12.4 Å². The molecule has 1 amide bonds. The summed E-state index contributed by atoms with van der Waals surface area (Å²) in [5.41, 5.74) is 2.96. The minimum Gasteiger partial charge on any atom is -0.457 e. The molecular formula is C24H20N4O2. The smallest absolute Gasteiger partial charge is 0.275 e. The molecule has 2 N–H and O–H groups in total. The van der Waals surface area contributed by atoms with Gasteiger partial charge in [-0.25, -0.2) is 9.97 Å². The number of hydrogen-bond acceptors (Lipinski definition) is 5. The highest BCUT2D eigenvalue weighted by atomic mass is 16.5. The largest absolute Gasteiger partial charge is 0.457 e. The Bertz CT molecular complexity index is 1110. The molecule has 0 unspecified atom stereocenters. The number of benzene rings is 3. The number of nitrogens with zero attached hydrogens (tertiary/aromatic N) is 2. The van der Waals surface area contributed by atoms with Crippen LogP contribution in [0.2, 0.25) is 0 Å². The lowest BCUT2D eigenvalue weighted by atomic mass is 10.2. The maximum Gasteiger partial charge on any atom is 0.275 e. The van der Waals surface area contributed by atoms with Crippen molar-refractivity contribution < 1.29 is 9.53 Å². The van der Waals surface area contributed by atoms with Crippen LogP contribution >= 0.6 is 0 Å². The Morgan fingerprint density at radius 1 is 0.767 bits per heavy atom. The van der Waals surface area contributed by atoms with E-state index in [0.29, 0.717) is 17.3 Å². The molecule has 6 heteroatoms. The van der Waals surface area contributed by atoms with Gasteiger partial charge in [0.2, 0.25) is 0 Å². The van der Waals surface area contributed by atoms with E-state index in [1.54, 1.807) is 24.3 Å². The fourth-order valence-corrected chi connectivity index (χ4v) is 2.72. The molecule has 1 aromatic heterocycles. The average Bonchev–Trinajstić information content (AvgIpc) is 2.78. The van der Waals surface area contributed by atoms with E-state index in [1.807, 2.05) is 61.5 Å². The van der Waals surface area contributed by atoms with Gasteiger partial charge in [-0.15, -0.1) is 0 Å². The maximum atomic E-state index is 12.4. The molecule has 0 aliphatic rings. The number of carbonyl (C=O) groups is 1. The number of ether oxygens (including phenoxy) is 1. The number of carbonyl (C=O) groups excluding carboxylic acids is 1. The van der Waals surface area contributed by atoms with Crippen molar-refractivity contribution in [3.8, 4) is 11.5 Å². The standard InChI is InChI=1S/C24H20N4O2/c1-17-7-9-18(10-8-17)27-23-16-25-22(15-26-23)24(29)28-19-11-13-21(14-12-19)30-20-5-3-2-4-6-20/h2-16H,1H3,(H,26,27)(H,28,29). The lowest BCUT2D eigenvalue weighted by molar-refractivity contribution is 0.102. The number of hydrogen-bond donors (Lipinski definition) is 2. The molecule has 0 spiro atoms. The first kappa shape index (κ1) is 19.1. The number of anilines is 3. The van der Waals surface area contributed by atoms with Gasteiger partial charge in [0.15, 0.2) is 0 Å². The summed E-state index contributed by atoms with van der Waals surface area (Å²) in [5.74, 6) is 1.67. The van der Waals surface area contributed by atoms with Crippen molar-refractivity contribution in [3.63, 3.8) is 0 Å². The average molecular weight is 396 g/mol. The first-order chi connectivity index (χ1) is 14.7. The molecule has 0 saturated carbocycles. The molecule has 0 saturated heterocycles. The number of nitrogens with one attached hydrogen (secondary N) is 2. The quantitative estimate of drug-likeness (QED) is 0.445. The second-order valence-corrected chi connectivity index (χ2v) is 6.67. The number of amides is 1. The van der Waals surface area contributed by atoms with Gasteiger partial charge in [-0.2, -0.15) is 0 Å². The highest BCUT2D eigenvalue weighted by Gasteiger charge is 2.09. The van der Waals surface area contributed by atoms with Gasteiger partial charge in [0.1, 0.15) is 23.0 Å². The molecule has 0 atom stereocenters. The lowest BCUT2D eigenvalue weighted by Crippen LogP contribution is -2.14. The summed E-state index contributed by atoms with van der Waals surface area (Å²) < 4.78 is 5.75. The van der Waals surface area contributed by atoms with Crippen LogP contribution in [-0.4, -0.2) is 15.9 Å². The van der Waals surface area contributed by atoms with Crippen LogP contribution in [0.3, 0.4) is 0 Å². The summed E-state index contributed by atoms with van der Waals surface area (Å²) in [6.07, 6.45) is 2.98. The number of aryl methyl sites for hydroxylation is 1. The van der Waals surface area contributed by atoms with Crippen LogP contribution in [0.15, 0.2) is 91.3 Å². The third kappa shape index (κ3) is 4.99. The molecule has 0 aliphatic carbocycles. The first-order valence-electron chi connectivity index (χ1n) is 9.46. The lowest BCUT2D eigenvalue weighted by Gasteiger charge is -2.08. The summed E-state index contributed by atoms with van der Waals surface area (Å²) in [6.45, 7) is 2.03. The van der Waals surface area contributed by atoms with Crippen LogP contribution in [0.25, 0.3) is 0 Å². The fraction of sp³-hybridized carbons (Fsp3) is 0.0417. The molecule has 148 valence electrons. The topological polar surface area (TPSA) is 76.1 Å². The van der Waals surface area contributed by atoms with E-state index < -0.39 is 0 Å². The monoisotopic (exact) mass is 396 g/mol. The Hall–Kier alpha value is -4.19. The second-order valence-electron chi connectivity index (χ2n) is 6.67. The molecule has 0 fully saturated rings. The van der Waals surface area contributed by atoms with Gasteiger partial charge in [0, 0.05) is 11.4 Å². The number of para-hydroxylation sites is 1. The Balaban J connectivity index is 1.35. The zero-order valence-electron chi connectivity index (χ0n) is 16.4. The van der Waals surface area contributed by atoms with Crippen LogP contribution in [0.1, 0.15) is 16.1 Å². The third-order valence-corrected chi connectivity index (χ3v) is 4.30. The van der Waals surface area contributed by atoms with E-state index in [4.69, 9.17) is 4.74 Å². The Morgan fingerprint density at radius 2 is 1.43 bits per heavy atom. The molecular weight excluding hydrogens is 376 g/mol. The highest BCUT2D eigenvalue weighted by Crippen LogP contribution is 2.23. The van der Waals surface area contributed by atoms with Gasteiger partial charge < -0.3 is 15.4 Å². The molecule has 1 heterocycles. The minimum absolute atomic E-state index is 0.231. The number of aromatic nitrogens is 2. The van der Waals surface area contributed by atoms with Crippen LogP contribution in [0.5, 0.6) is 11.5 Å². The molecule has 30 heavy (non-hydrogen) atoms. The van der Waals surface area contributed by atoms with E-state index in [-0.39, 0.29) is 11.6 Å². The van der Waals surface area contributed by atoms with E-state index in [9.17, 15) is 4.79 Å². The fourth-order valence-electron chi connectivity index (χ4n) is 2.72. The van der Waals surface area contributed by atoms with E-state index >= 15 is 0 Å². The Labute approximate surface area is 174 Å². The van der Waals surface area contributed by atoms with Gasteiger partial charge in [-0.3, -0.25) is 4.79 Å². The summed E-state index contributed by atoms with van der Waals surface area (Å²) in [5, 5.41) is 5.96. The Morgan fingerprint density at radius 3 is 2.10 bits per heavy atom. The second kappa shape index (κ2) is 8.87. The van der Waals surface area contributed by atoms with Crippen LogP contribution < -0.4 is 15.4 Å². The van der Waals surface area contributed by atoms with Crippen LogP contribution in [-0.2, 0) is 0 Å². The highest BCUT2D eigenvalue weighted by molar-refractivity contribution is 6.02. The molecule has 3 aromatic carbocycles. The molecule has 0 radical (unpaired) electrons. The van der Waals surface area contributed by atoms with Crippen molar-refractivity contribution in [2.75, 3.05) is 10.6 Å². The van der Waals surface area contributed by atoms with Crippen molar-refractivity contribution in [2.45, 2.75) is 6.92 Å². The molecule has 0 aliphatic heterocycles. The summed E-state index contributed by atoms with van der Waals surface area (Å²) in [6, 6.07) is 24.6. The molecule has 0 bridgehead atoms. The summed E-state index contributed by atoms with van der Waals surface area (Å²) >= 11 is 0. The van der Waals surface area contributed by atoms with Gasteiger partial charge in [-0.05, 0) is 55.5 Å². The first-order valence-corrected chi connectivity index (χ1v) is 9.46. The zero-order chi connectivity index (χ0) is 20.8.